The number of benzene rings is 1. The number of rotatable bonds is 11. The molecule has 2 aromatic heterocycles. The quantitative estimate of drug-likeness (QED) is 0.223. The summed E-state index contributed by atoms with van der Waals surface area (Å²) in [5.74, 6) is 1.50. The molecule has 0 unspecified atom stereocenters. The molecule has 0 radical (unpaired) electrons. The van der Waals surface area contributed by atoms with Crippen molar-refractivity contribution < 1.29 is 9.18 Å². The number of fused-ring (bicyclic) bond motifs is 1. The number of pyridine rings is 1. The number of allylic oxidation sites excluding steroid dienone is 3. The van der Waals surface area contributed by atoms with Gasteiger partial charge in [0.15, 0.2) is 0 Å². The molecule has 0 aliphatic heterocycles. The zero-order valence-corrected chi connectivity index (χ0v) is 25.8. The number of nitrogens with zero attached hydrogens (tertiary/aromatic N) is 2. The normalized spacial score (nSPS) is 10.3. The molecule has 6 nitrogen and oxygen atoms in total. The third-order valence-electron chi connectivity index (χ3n) is 6.00. The molecule has 220 valence electrons. The van der Waals surface area contributed by atoms with Gasteiger partial charge >= 0.3 is 0 Å². The summed E-state index contributed by atoms with van der Waals surface area (Å²) in [5, 5.41) is 6.01. The summed E-state index contributed by atoms with van der Waals surface area (Å²) < 4.78 is 16.7. The molecule has 0 aliphatic rings. The highest BCUT2D eigenvalue weighted by molar-refractivity contribution is 5.68. The van der Waals surface area contributed by atoms with Crippen LogP contribution in [-0.4, -0.2) is 35.5 Å². The Hall–Kier alpha value is -3.67. The Balaban J connectivity index is 0.00000108. The molecule has 7 heteroatoms. The van der Waals surface area contributed by atoms with Gasteiger partial charge < -0.3 is 20.8 Å². The molecule has 0 bridgehead atoms. The Bertz CT molecular complexity index is 1240. The van der Waals surface area contributed by atoms with Crippen molar-refractivity contribution in [1.82, 2.24) is 20.0 Å². The molecular formula is C33H50FN5O. The van der Waals surface area contributed by atoms with Gasteiger partial charge in [-0.3, -0.25) is 0 Å². The smallest absolute Gasteiger partial charge is 0.136 e. The highest BCUT2D eigenvalue weighted by Crippen LogP contribution is 2.28. The summed E-state index contributed by atoms with van der Waals surface area (Å²) in [6.45, 7) is 18.7. The molecule has 0 amide bonds. The summed E-state index contributed by atoms with van der Waals surface area (Å²) in [6, 6.07) is 9.33. The minimum Gasteiger partial charge on any atom is -0.392 e. The Morgan fingerprint density at radius 2 is 1.82 bits per heavy atom. The molecular weight excluding hydrogens is 501 g/mol. The van der Waals surface area contributed by atoms with Crippen LogP contribution in [-0.2, 0) is 17.6 Å². The average molecular weight is 552 g/mol. The van der Waals surface area contributed by atoms with E-state index >= 15 is 0 Å². The van der Waals surface area contributed by atoms with Crippen LogP contribution >= 0.6 is 0 Å². The number of aromatic nitrogens is 2. The zero-order chi connectivity index (χ0) is 30.5. The monoisotopic (exact) mass is 551 g/mol. The number of imidazole rings is 1. The van der Waals surface area contributed by atoms with Gasteiger partial charge in [0.2, 0.25) is 0 Å². The molecule has 3 rings (SSSR count). The number of nitrogens with one attached hydrogen (secondary N) is 2. The minimum absolute atomic E-state index is 0.141. The van der Waals surface area contributed by atoms with Crippen molar-refractivity contribution in [2.75, 3.05) is 20.1 Å². The second-order valence-corrected chi connectivity index (χ2v) is 8.69. The molecule has 0 fully saturated rings. The number of hydrogen-bond donors (Lipinski definition) is 3. The first-order valence-corrected chi connectivity index (χ1v) is 14.2. The van der Waals surface area contributed by atoms with E-state index in [-0.39, 0.29) is 5.82 Å². The number of carbonyl (C=O) groups excluding carboxylic acids is 1. The highest BCUT2D eigenvalue weighted by Gasteiger charge is 2.12. The first kappa shape index (κ1) is 36.3. The summed E-state index contributed by atoms with van der Waals surface area (Å²) in [6.07, 6.45) is 8.59. The van der Waals surface area contributed by atoms with E-state index in [4.69, 9.17) is 5.73 Å². The Morgan fingerprint density at radius 1 is 1.12 bits per heavy atom. The van der Waals surface area contributed by atoms with Gasteiger partial charge in [-0.1, -0.05) is 52.0 Å². The Morgan fingerprint density at radius 3 is 2.42 bits per heavy atom. The predicted molar refractivity (Wildman–Crippen MR) is 169 cm³/mol. The molecule has 0 spiro atoms. The second kappa shape index (κ2) is 21.2. The van der Waals surface area contributed by atoms with Crippen LogP contribution in [0.1, 0.15) is 72.6 Å². The third kappa shape index (κ3) is 12.0. The van der Waals surface area contributed by atoms with E-state index < -0.39 is 0 Å². The predicted octanol–water partition coefficient (Wildman–Crippen LogP) is 7.03. The first-order valence-electron chi connectivity index (χ1n) is 14.2. The standard InChI is InChI=1S/C23H29FN4.C6H9NO.2C2H6/c1-16(17(2)26-3)6-4-8-21-20(7-5-9-22(21)24)18-10-11-23-27-14-19(12-13-25)28(23)15-18;1-6(2)7-4-3-5-8;2*1-2/h5,7,9-11,14-15,26H,4,6,8,12-13,25H2,1-3H3;3,7H,1,4H2,2H3;2*1-2H3/b17-16+;;;. The lowest BCUT2D eigenvalue weighted by Gasteiger charge is -2.13. The van der Waals surface area contributed by atoms with Crippen molar-refractivity contribution in [1.29, 1.82) is 0 Å². The van der Waals surface area contributed by atoms with Gasteiger partial charge in [0, 0.05) is 55.6 Å². The Kier molecular flexibility index (Phi) is 19.2. The van der Waals surface area contributed by atoms with E-state index in [2.05, 4.69) is 40.4 Å². The SMILES string of the molecule is C=C(C)NCC=C=O.CC.CC.CN/C(C)=C(\C)CCCc1c(F)cccc1-c1ccc2ncc(CCN)n2c1. The maximum atomic E-state index is 14.7. The molecule has 40 heavy (non-hydrogen) atoms. The number of halogens is 1. The third-order valence-corrected chi connectivity index (χ3v) is 6.00. The van der Waals surface area contributed by atoms with Crippen LogP contribution in [0, 0.1) is 5.82 Å². The fraction of sp³-hybridized carbons (Fsp3) is 0.424. The van der Waals surface area contributed by atoms with E-state index in [1.165, 1.54) is 17.3 Å². The van der Waals surface area contributed by atoms with Gasteiger partial charge in [0.25, 0.3) is 0 Å². The van der Waals surface area contributed by atoms with Crippen LogP contribution in [0.4, 0.5) is 4.39 Å². The van der Waals surface area contributed by atoms with Crippen molar-refractivity contribution in [2.24, 2.45) is 5.73 Å². The van der Waals surface area contributed by atoms with Crippen molar-refractivity contribution in [3.8, 4) is 11.1 Å². The van der Waals surface area contributed by atoms with Crippen LogP contribution in [0.5, 0.6) is 0 Å². The molecule has 3 aromatic rings. The average Bonchev–Trinajstić information content (AvgIpc) is 3.38. The van der Waals surface area contributed by atoms with Gasteiger partial charge in [0.1, 0.15) is 17.4 Å². The summed E-state index contributed by atoms with van der Waals surface area (Å²) >= 11 is 0. The maximum Gasteiger partial charge on any atom is 0.136 e. The highest BCUT2D eigenvalue weighted by atomic mass is 19.1. The van der Waals surface area contributed by atoms with E-state index in [1.807, 2.05) is 72.3 Å². The molecule has 0 aliphatic carbocycles. The van der Waals surface area contributed by atoms with Gasteiger partial charge in [-0.25, -0.2) is 14.2 Å². The molecule has 1 aromatic carbocycles. The fourth-order valence-electron chi connectivity index (χ4n) is 3.80. The van der Waals surface area contributed by atoms with E-state index in [0.29, 0.717) is 19.5 Å². The second-order valence-electron chi connectivity index (χ2n) is 8.69. The van der Waals surface area contributed by atoms with E-state index in [9.17, 15) is 9.18 Å². The summed E-state index contributed by atoms with van der Waals surface area (Å²) in [7, 11) is 1.93. The zero-order valence-electron chi connectivity index (χ0n) is 25.8. The van der Waals surface area contributed by atoms with Crippen LogP contribution in [0.15, 0.2) is 72.3 Å². The molecule has 4 N–H and O–H groups in total. The number of nitrogens with two attached hydrogens (primary N) is 1. The van der Waals surface area contributed by atoms with Gasteiger partial charge in [0.05, 0.1) is 0 Å². The van der Waals surface area contributed by atoms with E-state index in [0.717, 1.165) is 53.0 Å². The molecule has 2 heterocycles. The largest absolute Gasteiger partial charge is 0.392 e. The van der Waals surface area contributed by atoms with E-state index in [1.54, 1.807) is 18.1 Å². The van der Waals surface area contributed by atoms with Gasteiger partial charge in [-0.15, -0.1) is 0 Å². The van der Waals surface area contributed by atoms with Crippen molar-refractivity contribution >= 4 is 11.6 Å². The summed E-state index contributed by atoms with van der Waals surface area (Å²) in [4.78, 5) is 14.0. The lowest BCUT2D eigenvalue weighted by Crippen LogP contribution is -2.08. The minimum atomic E-state index is -0.141. The molecule has 0 saturated carbocycles. The van der Waals surface area contributed by atoms with Gasteiger partial charge in [-0.2, -0.15) is 0 Å². The maximum absolute atomic E-state index is 14.7. The van der Waals surface area contributed by atoms with Gasteiger partial charge in [-0.05, 0) is 81.5 Å². The lowest BCUT2D eigenvalue weighted by molar-refractivity contribution is 0.568. The van der Waals surface area contributed by atoms with Crippen molar-refractivity contribution in [3.05, 3.63) is 89.4 Å². The lowest BCUT2D eigenvalue weighted by atomic mass is 9.95. The number of hydrogen-bond acceptors (Lipinski definition) is 5. The van der Waals surface area contributed by atoms with Crippen LogP contribution < -0.4 is 16.4 Å². The Labute approximate surface area is 241 Å². The van der Waals surface area contributed by atoms with Crippen LogP contribution in [0.2, 0.25) is 0 Å². The molecule has 0 saturated heterocycles. The van der Waals surface area contributed by atoms with Crippen LogP contribution in [0.25, 0.3) is 16.8 Å². The topological polar surface area (TPSA) is 84.5 Å². The summed E-state index contributed by atoms with van der Waals surface area (Å²) in [5.41, 5.74) is 13.7. The van der Waals surface area contributed by atoms with Crippen molar-refractivity contribution in [3.63, 3.8) is 0 Å². The van der Waals surface area contributed by atoms with Crippen molar-refractivity contribution in [2.45, 2.75) is 74.1 Å². The fourth-order valence-corrected chi connectivity index (χ4v) is 3.80. The first-order chi connectivity index (χ1) is 19.3. The molecule has 0 atom stereocenters. The van der Waals surface area contributed by atoms with Crippen LogP contribution in [0.3, 0.4) is 0 Å².